The van der Waals surface area contributed by atoms with Crippen molar-refractivity contribution in [1.29, 1.82) is 0 Å². The molecule has 0 fully saturated rings. The van der Waals surface area contributed by atoms with E-state index in [1.54, 1.807) is 24.3 Å². The fourth-order valence-corrected chi connectivity index (χ4v) is 2.77. The molecule has 6 heteroatoms. The first-order valence-electron chi connectivity index (χ1n) is 8.82. The number of para-hydroxylation sites is 1. The quantitative estimate of drug-likeness (QED) is 0.446. The maximum absolute atomic E-state index is 12.4. The highest BCUT2D eigenvalue weighted by Gasteiger charge is 2.19. The van der Waals surface area contributed by atoms with E-state index >= 15 is 0 Å². The molecule has 1 heterocycles. The number of unbranched alkanes of at least 4 members (excludes halogenated alkanes) is 1. The fourth-order valence-electron chi connectivity index (χ4n) is 2.77. The number of nitrogens with zero attached hydrogens (tertiary/aromatic N) is 1. The number of amides is 1. The van der Waals surface area contributed by atoms with Gasteiger partial charge in [0.15, 0.2) is 5.76 Å². The second-order valence-electron chi connectivity index (χ2n) is 6.19. The highest BCUT2D eigenvalue weighted by Crippen LogP contribution is 2.31. The summed E-state index contributed by atoms with van der Waals surface area (Å²) < 4.78 is 5.55. The van der Waals surface area contributed by atoms with Gasteiger partial charge in [-0.2, -0.15) is 0 Å². The predicted octanol–water partition coefficient (Wildman–Crippen LogP) is 5.45. The zero-order chi connectivity index (χ0) is 19.2. The Labute approximate surface area is 157 Å². The lowest BCUT2D eigenvalue weighted by Crippen LogP contribution is -2.10. The molecule has 0 saturated carbocycles. The van der Waals surface area contributed by atoms with Crippen LogP contribution in [-0.4, -0.2) is 10.8 Å². The Hall–Kier alpha value is -3.41. The molecule has 0 aliphatic heterocycles. The second kappa shape index (κ2) is 8.31. The zero-order valence-electron chi connectivity index (χ0n) is 15.0. The minimum absolute atomic E-state index is 0.0681. The van der Waals surface area contributed by atoms with Crippen LogP contribution < -0.4 is 5.32 Å². The van der Waals surface area contributed by atoms with Gasteiger partial charge in [-0.3, -0.25) is 14.9 Å². The van der Waals surface area contributed by atoms with Crippen LogP contribution in [0.1, 0.15) is 35.9 Å². The van der Waals surface area contributed by atoms with Gasteiger partial charge in [0.2, 0.25) is 0 Å². The molecule has 0 unspecified atom stereocenters. The molecule has 6 nitrogen and oxygen atoms in total. The number of anilines is 1. The zero-order valence-corrected chi connectivity index (χ0v) is 15.0. The van der Waals surface area contributed by atoms with E-state index in [1.165, 1.54) is 17.7 Å². The lowest BCUT2D eigenvalue weighted by molar-refractivity contribution is -0.384. The van der Waals surface area contributed by atoms with Gasteiger partial charge in [0.25, 0.3) is 11.6 Å². The molecule has 0 spiro atoms. The standard InChI is InChI=1S/C21H20N2O4/c1-2-3-6-15-9-11-16(12-10-15)22-21(24)20-14-13-19(27-20)17-7-4-5-8-18(17)23(25)26/h4-5,7-14H,2-3,6H2,1H3,(H,22,24). The number of rotatable bonds is 7. The molecule has 0 radical (unpaired) electrons. The fraction of sp³-hybridized carbons (Fsp3) is 0.190. The largest absolute Gasteiger partial charge is 0.451 e. The molecule has 3 rings (SSSR count). The van der Waals surface area contributed by atoms with E-state index in [2.05, 4.69) is 12.2 Å². The van der Waals surface area contributed by atoms with Crippen molar-refractivity contribution in [1.82, 2.24) is 0 Å². The summed E-state index contributed by atoms with van der Waals surface area (Å²) in [6.45, 7) is 2.15. The predicted molar refractivity (Wildman–Crippen MR) is 104 cm³/mol. The van der Waals surface area contributed by atoms with Gasteiger partial charge >= 0.3 is 0 Å². The smallest absolute Gasteiger partial charge is 0.291 e. The molecule has 1 aromatic heterocycles. The van der Waals surface area contributed by atoms with E-state index in [1.807, 2.05) is 24.3 Å². The molecule has 1 N–H and O–H groups in total. The lowest BCUT2D eigenvalue weighted by Gasteiger charge is -2.05. The van der Waals surface area contributed by atoms with Crippen molar-refractivity contribution < 1.29 is 14.1 Å². The number of furan rings is 1. The van der Waals surface area contributed by atoms with E-state index in [4.69, 9.17) is 4.42 Å². The summed E-state index contributed by atoms with van der Waals surface area (Å²) in [6, 6.07) is 17.0. The number of carbonyl (C=O) groups excluding carboxylic acids is 1. The van der Waals surface area contributed by atoms with E-state index in [0.29, 0.717) is 11.3 Å². The van der Waals surface area contributed by atoms with Crippen molar-refractivity contribution in [2.45, 2.75) is 26.2 Å². The van der Waals surface area contributed by atoms with E-state index in [0.717, 1.165) is 19.3 Å². The van der Waals surface area contributed by atoms with Gasteiger partial charge in [0.05, 0.1) is 10.5 Å². The normalized spacial score (nSPS) is 10.6. The third kappa shape index (κ3) is 4.41. The summed E-state index contributed by atoms with van der Waals surface area (Å²) in [6.07, 6.45) is 3.29. The van der Waals surface area contributed by atoms with E-state index < -0.39 is 10.8 Å². The third-order valence-electron chi connectivity index (χ3n) is 4.23. The van der Waals surface area contributed by atoms with Crippen LogP contribution in [0.4, 0.5) is 11.4 Å². The summed E-state index contributed by atoms with van der Waals surface area (Å²) in [5.41, 5.74) is 2.17. The summed E-state index contributed by atoms with van der Waals surface area (Å²) in [5, 5.41) is 13.9. The monoisotopic (exact) mass is 364 g/mol. The Morgan fingerprint density at radius 1 is 1.07 bits per heavy atom. The number of hydrogen-bond acceptors (Lipinski definition) is 4. The van der Waals surface area contributed by atoms with Crippen LogP contribution in [0.3, 0.4) is 0 Å². The second-order valence-corrected chi connectivity index (χ2v) is 6.19. The van der Waals surface area contributed by atoms with Gasteiger partial charge in [0.1, 0.15) is 5.76 Å². The third-order valence-corrected chi connectivity index (χ3v) is 4.23. The molecule has 3 aromatic rings. The summed E-state index contributed by atoms with van der Waals surface area (Å²) in [7, 11) is 0. The Kier molecular flexibility index (Phi) is 5.66. The summed E-state index contributed by atoms with van der Waals surface area (Å²) >= 11 is 0. The Balaban J connectivity index is 1.73. The number of nitro groups is 1. The highest BCUT2D eigenvalue weighted by molar-refractivity contribution is 6.02. The first-order valence-corrected chi connectivity index (χ1v) is 8.82. The average Bonchev–Trinajstić information content (AvgIpc) is 3.17. The average molecular weight is 364 g/mol. The molecule has 138 valence electrons. The van der Waals surface area contributed by atoms with Crippen molar-refractivity contribution in [2.75, 3.05) is 5.32 Å². The molecule has 1 amide bonds. The van der Waals surface area contributed by atoms with Crippen LogP contribution >= 0.6 is 0 Å². The first kappa shape index (κ1) is 18.4. The van der Waals surface area contributed by atoms with Crippen molar-refractivity contribution in [3.05, 3.63) is 82.1 Å². The number of carbonyl (C=O) groups is 1. The molecule has 2 aromatic carbocycles. The molecular formula is C21H20N2O4. The van der Waals surface area contributed by atoms with Crippen LogP contribution in [0.2, 0.25) is 0 Å². The summed E-state index contributed by atoms with van der Waals surface area (Å²) in [4.78, 5) is 23.1. The highest BCUT2D eigenvalue weighted by atomic mass is 16.6. The summed E-state index contributed by atoms with van der Waals surface area (Å²) in [5.74, 6) is -0.0262. The molecule has 27 heavy (non-hydrogen) atoms. The van der Waals surface area contributed by atoms with Crippen LogP contribution in [-0.2, 0) is 6.42 Å². The first-order chi connectivity index (χ1) is 13.1. The van der Waals surface area contributed by atoms with Gasteiger partial charge in [0, 0.05) is 11.8 Å². The molecule has 0 bridgehead atoms. The van der Waals surface area contributed by atoms with Crippen LogP contribution in [0, 0.1) is 10.1 Å². The van der Waals surface area contributed by atoms with Crippen molar-refractivity contribution >= 4 is 17.3 Å². The molecule has 0 aliphatic carbocycles. The molecule has 0 aliphatic rings. The van der Waals surface area contributed by atoms with Crippen LogP contribution in [0.15, 0.2) is 65.1 Å². The Morgan fingerprint density at radius 3 is 2.52 bits per heavy atom. The maximum Gasteiger partial charge on any atom is 0.291 e. The number of hydrogen-bond donors (Lipinski definition) is 1. The number of nitro benzene ring substituents is 1. The number of aryl methyl sites for hydroxylation is 1. The Bertz CT molecular complexity index is 945. The lowest BCUT2D eigenvalue weighted by atomic mass is 10.1. The topological polar surface area (TPSA) is 85.4 Å². The minimum atomic E-state index is -0.475. The van der Waals surface area contributed by atoms with Crippen molar-refractivity contribution in [3.63, 3.8) is 0 Å². The van der Waals surface area contributed by atoms with Gasteiger partial charge in [-0.15, -0.1) is 0 Å². The van der Waals surface area contributed by atoms with Gasteiger partial charge in [-0.25, -0.2) is 0 Å². The SMILES string of the molecule is CCCCc1ccc(NC(=O)c2ccc(-c3ccccc3[N+](=O)[O-])o2)cc1. The molecule has 0 saturated heterocycles. The van der Waals surface area contributed by atoms with Crippen molar-refractivity contribution in [2.24, 2.45) is 0 Å². The number of benzene rings is 2. The Morgan fingerprint density at radius 2 is 1.81 bits per heavy atom. The maximum atomic E-state index is 12.4. The van der Waals surface area contributed by atoms with E-state index in [9.17, 15) is 14.9 Å². The minimum Gasteiger partial charge on any atom is -0.451 e. The van der Waals surface area contributed by atoms with E-state index in [-0.39, 0.29) is 17.2 Å². The molecular weight excluding hydrogens is 344 g/mol. The van der Waals surface area contributed by atoms with Gasteiger partial charge in [-0.1, -0.05) is 37.6 Å². The van der Waals surface area contributed by atoms with Gasteiger partial charge in [-0.05, 0) is 48.7 Å². The van der Waals surface area contributed by atoms with Crippen molar-refractivity contribution in [3.8, 4) is 11.3 Å². The molecule has 0 atom stereocenters. The van der Waals surface area contributed by atoms with Crippen LogP contribution in [0.25, 0.3) is 11.3 Å². The van der Waals surface area contributed by atoms with Gasteiger partial charge < -0.3 is 9.73 Å². The number of nitrogens with one attached hydrogen (secondary N) is 1. The van der Waals surface area contributed by atoms with Crippen LogP contribution in [0.5, 0.6) is 0 Å².